The molecule has 0 aromatic carbocycles. The van der Waals surface area contributed by atoms with Gasteiger partial charge in [0.1, 0.15) is 21.2 Å². The molecule has 12 heteroatoms. The third-order valence-electron chi connectivity index (χ3n) is 4.33. The summed E-state index contributed by atoms with van der Waals surface area (Å²) < 4.78 is 63.6. The van der Waals surface area contributed by atoms with Gasteiger partial charge in [0.2, 0.25) is 20.0 Å². The van der Waals surface area contributed by atoms with E-state index >= 15 is 0 Å². The molecular formula is C14H20N4O6S2. The Morgan fingerprint density at radius 1 is 0.692 bits per heavy atom. The van der Waals surface area contributed by atoms with Crippen LogP contribution in [0.25, 0.3) is 0 Å². The van der Waals surface area contributed by atoms with Crippen molar-refractivity contribution in [2.75, 3.05) is 26.2 Å². The van der Waals surface area contributed by atoms with E-state index in [4.69, 9.17) is 9.05 Å². The number of aryl methyl sites for hydroxylation is 4. The van der Waals surface area contributed by atoms with Gasteiger partial charge in [-0.1, -0.05) is 10.3 Å². The Morgan fingerprint density at radius 2 is 1.00 bits per heavy atom. The van der Waals surface area contributed by atoms with Crippen LogP contribution in [-0.2, 0) is 20.0 Å². The molecule has 0 amide bonds. The fourth-order valence-electron chi connectivity index (χ4n) is 3.09. The lowest BCUT2D eigenvalue weighted by Crippen LogP contribution is -2.50. The maximum atomic E-state index is 12.8. The molecule has 0 saturated carbocycles. The van der Waals surface area contributed by atoms with Gasteiger partial charge in [0.15, 0.2) is 11.5 Å². The van der Waals surface area contributed by atoms with Crippen LogP contribution < -0.4 is 0 Å². The molecule has 0 N–H and O–H groups in total. The fraction of sp³-hybridized carbons (Fsp3) is 0.571. The van der Waals surface area contributed by atoms with Gasteiger partial charge >= 0.3 is 0 Å². The van der Waals surface area contributed by atoms with Gasteiger partial charge in [0, 0.05) is 26.2 Å². The zero-order valence-electron chi connectivity index (χ0n) is 14.9. The Kier molecular flexibility index (Phi) is 4.71. The predicted molar refractivity (Wildman–Crippen MR) is 89.5 cm³/mol. The summed E-state index contributed by atoms with van der Waals surface area (Å²) in [5.41, 5.74) is 0.571. The second-order valence-corrected chi connectivity index (χ2v) is 9.86. The number of aromatic nitrogens is 2. The zero-order valence-corrected chi connectivity index (χ0v) is 16.5. The Bertz CT molecular complexity index is 906. The fourth-order valence-corrected chi connectivity index (χ4v) is 6.52. The molecule has 10 nitrogen and oxygen atoms in total. The molecule has 0 atom stereocenters. The molecule has 2 aromatic rings. The maximum absolute atomic E-state index is 12.8. The van der Waals surface area contributed by atoms with Crippen molar-refractivity contribution in [1.29, 1.82) is 0 Å². The highest BCUT2D eigenvalue weighted by Gasteiger charge is 2.38. The lowest BCUT2D eigenvalue weighted by atomic mass is 10.4. The Hall–Kier alpha value is -1.76. The van der Waals surface area contributed by atoms with Crippen molar-refractivity contribution >= 4 is 20.0 Å². The van der Waals surface area contributed by atoms with Crippen molar-refractivity contribution in [3.63, 3.8) is 0 Å². The van der Waals surface area contributed by atoms with Crippen LogP contribution in [0.5, 0.6) is 0 Å². The quantitative estimate of drug-likeness (QED) is 0.724. The molecule has 2 aromatic heterocycles. The highest BCUT2D eigenvalue weighted by molar-refractivity contribution is 7.89. The number of hydrogen-bond acceptors (Lipinski definition) is 8. The summed E-state index contributed by atoms with van der Waals surface area (Å²) in [6.07, 6.45) is 0. The van der Waals surface area contributed by atoms with Crippen molar-refractivity contribution in [3.05, 3.63) is 22.9 Å². The van der Waals surface area contributed by atoms with E-state index in [-0.39, 0.29) is 58.9 Å². The van der Waals surface area contributed by atoms with Crippen LogP contribution in [-0.4, -0.2) is 61.9 Å². The van der Waals surface area contributed by atoms with Crippen molar-refractivity contribution in [2.45, 2.75) is 37.5 Å². The molecule has 1 aliphatic heterocycles. The molecule has 1 saturated heterocycles. The van der Waals surface area contributed by atoms with E-state index in [0.29, 0.717) is 0 Å². The van der Waals surface area contributed by atoms with Gasteiger partial charge in [-0.3, -0.25) is 0 Å². The average Bonchev–Trinajstić information content (AvgIpc) is 3.09. The van der Waals surface area contributed by atoms with E-state index in [9.17, 15) is 16.8 Å². The van der Waals surface area contributed by atoms with Gasteiger partial charge in [-0.2, -0.15) is 8.61 Å². The Balaban J connectivity index is 1.82. The molecule has 0 spiro atoms. The summed E-state index contributed by atoms with van der Waals surface area (Å²) in [4.78, 5) is 0.0825. The SMILES string of the molecule is Cc1noc(C)c1S(=O)(=O)N1CCN(S(=O)(=O)c2c(C)noc2C)CC1. The van der Waals surface area contributed by atoms with Gasteiger partial charge in [0.25, 0.3) is 0 Å². The molecule has 0 aliphatic carbocycles. The predicted octanol–water partition coefficient (Wildman–Crippen LogP) is 0.591. The minimum absolute atomic E-state index is 0.0367. The summed E-state index contributed by atoms with van der Waals surface area (Å²) in [5, 5.41) is 7.36. The van der Waals surface area contributed by atoms with Gasteiger partial charge in [0.05, 0.1) is 0 Å². The average molecular weight is 404 g/mol. The van der Waals surface area contributed by atoms with E-state index in [0.717, 1.165) is 0 Å². The topological polar surface area (TPSA) is 127 Å². The first-order chi connectivity index (χ1) is 12.1. The first-order valence-corrected chi connectivity index (χ1v) is 10.8. The highest BCUT2D eigenvalue weighted by atomic mass is 32.2. The van der Waals surface area contributed by atoms with Crippen LogP contribution >= 0.6 is 0 Å². The molecule has 0 unspecified atom stereocenters. The van der Waals surface area contributed by atoms with E-state index in [1.165, 1.54) is 22.5 Å². The lowest BCUT2D eigenvalue weighted by Gasteiger charge is -2.33. The number of rotatable bonds is 4. The van der Waals surface area contributed by atoms with E-state index in [1.54, 1.807) is 13.8 Å². The summed E-state index contributed by atoms with van der Waals surface area (Å²) in [6.45, 7) is 6.33. The molecule has 0 radical (unpaired) electrons. The van der Waals surface area contributed by atoms with Gasteiger partial charge in [-0.05, 0) is 27.7 Å². The van der Waals surface area contributed by atoms with Gasteiger partial charge in [-0.15, -0.1) is 0 Å². The van der Waals surface area contributed by atoms with Crippen LogP contribution in [0.4, 0.5) is 0 Å². The smallest absolute Gasteiger partial charge is 0.248 e. The summed E-state index contributed by atoms with van der Waals surface area (Å²) in [6, 6.07) is 0. The van der Waals surface area contributed by atoms with Crippen molar-refractivity contribution in [2.24, 2.45) is 0 Å². The van der Waals surface area contributed by atoms with Crippen LogP contribution in [0.1, 0.15) is 22.9 Å². The van der Waals surface area contributed by atoms with Gasteiger partial charge in [-0.25, -0.2) is 16.8 Å². The normalized spacial score (nSPS) is 17.7. The number of piperazine rings is 1. The first-order valence-electron chi connectivity index (χ1n) is 7.93. The van der Waals surface area contributed by atoms with Crippen LogP contribution in [0.3, 0.4) is 0 Å². The number of nitrogens with zero attached hydrogens (tertiary/aromatic N) is 4. The minimum Gasteiger partial charge on any atom is -0.360 e. The molecule has 0 bridgehead atoms. The molecule has 3 rings (SSSR count). The zero-order chi connectivity index (χ0) is 19.3. The van der Waals surface area contributed by atoms with Crippen molar-refractivity contribution in [3.8, 4) is 0 Å². The van der Waals surface area contributed by atoms with Gasteiger partial charge < -0.3 is 9.05 Å². The van der Waals surface area contributed by atoms with E-state index < -0.39 is 20.0 Å². The molecule has 144 valence electrons. The molecule has 3 heterocycles. The molecule has 1 aliphatic rings. The summed E-state index contributed by atoms with van der Waals surface area (Å²) in [5.74, 6) is 0.432. The largest absolute Gasteiger partial charge is 0.360 e. The number of hydrogen-bond donors (Lipinski definition) is 0. The third kappa shape index (κ3) is 2.96. The van der Waals surface area contributed by atoms with Crippen molar-refractivity contribution in [1.82, 2.24) is 18.9 Å². The van der Waals surface area contributed by atoms with Crippen LogP contribution in [0.2, 0.25) is 0 Å². The highest BCUT2D eigenvalue weighted by Crippen LogP contribution is 2.27. The minimum atomic E-state index is -3.79. The second-order valence-electron chi connectivity index (χ2n) is 6.11. The molecular weight excluding hydrogens is 384 g/mol. The van der Waals surface area contributed by atoms with E-state index in [2.05, 4.69) is 10.3 Å². The third-order valence-corrected chi connectivity index (χ3v) is 8.62. The van der Waals surface area contributed by atoms with Crippen molar-refractivity contribution < 1.29 is 25.9 Å². The molecule has 1 fully saturated rings. The Morgan fingerprint density at radius 3 is 1.23 bits per heavy atom. The standard InChI is InChI=1S/C14H20N4O6S2/c1-9-13(11(3)23-15-9)25(19,20)17-5-7-18(8-6-17)26(21,22)14-10(2)16-24-12(14)4/h5-8H2,1-4H3. The maximum Gasteiger partial charge on any atom is 0.248 e. The monoisotopic (exact) mass is 404 g/mol. The first kappa shape index (κ1) is 19.0. The van der Waals surface area contributed by atoms with Crippen LogP contribution in [0.15, 0.2) is 18.8 Å². The second kappa shape index (κ2) is 6.44. The lowest BCUT2D eigenvalue weighted by molar-refractivity contribution is 0.272. The molecule has 26 heavy (non-hydrogen) atoms. The summed E-state index contributed by atoms with van der Waals surface area (Å²) >= 11 is 0. The number of sulfonamides is 2. The summed E-state index contributed by atoms with van der Waals surface area (Å²) in [7, 11) is -7.59. The van der Waals surface area contributed by atoms with E-state index in [1.807, 2.05) is 0 Å². The Labute approximate surface area is 151 Å². The van der Waals surface area contributed by atoms with Crippen LogP contribution in [0, 0.1) is 27.7 Å².